The van der Waals surface area contributed by atoms with Gasteiger partial charge in [-0.2, -0.15) is 11.8 Å². The van der Waals surface area contributed by atoms with Gasteiger partial charge in [0.05, 0.1) is 0 Å². The van der Waals surface area contributed by atoms with Crippen LogP contribution < -0.4 is 5.32 Å². The lowest BCUT2D eigenvalue weighted by Gasteiger charge is -2.26. The summed E-state index contributed by atoms with van der Waals surface area (Å²) in [5.41, 5.74) is 0. The Hall–Kier alpha value is 0.270. The van der Waals surface area contributed by atoms with Crippen LogP contribution in [0.2, 0.25) is 0 Å². The molecule has 2 aliphatic rings. The summed E-state index contributed by atoms with van der Waals surface area (Å²) in [6.45, 7) is 8.31. The van der Waals surface area contributed by atoms with Crippen LogP contribution in [0.4, 0.5) is 0 Å². The maximum Gasteiger partial charge on any atom is 0.0220 e. The fourth-order valence-corrected chi connectivity index (χ4v) is 4.02. The predicted molar refractivity (Wildman–Crippen MR) is 64.0 cm³/mol. The number of nitrogens with zero attached hydrogens (tertiary/aromatic N) is 1. The average molecular weight is 214 g/mol. The zero-order chi connectivity index (χ0) is 9.97. The number of nitrogens with one attached hydrogen (secondary N) is 1. The van der Waals surface area contributed by atoms with Crippen LogP contribution in [-0.2, 0) is 0 Å². The molecule has 0 aromatic heterocycles. The van der Waals surface area contributed by atoms with E-state index in [4.69, 9.17) is 0 Å². The van der Waals surface area contributed by atoms with Crippen LogP contribution >= 0.6 is 11.8 Å². The zero-order valence-electron chi connectivity index (χ0n) is 9.33. The SMILES string of the molecule is CCNC1CCN(C2CCSC2C)C1. The van der Waals surface area contributed by atoms with Gasteiger partial charge in [-0.3, -0.25) is 4.90 Å². The molecule has 0 aliphatic carbocycles. The molecule has 3 atom stereocenters. The summed E-state index contributed by atoms with van der Waals surface area (Å²) >= 11 is 2.14. The molecule has 0 spiro atoms. The number of thioether (sulfide) groups is 1. The Labute approximate surface area is 91.8 Å². The lowest BCUT2D eigenvalue weighted by Crippen LogP contribution is -2.39. The molecule has 0 radical (unpaired) electrons. The summed E-state index contributed by atoms with van der Waals surface area (Å²) in [5.74, 6) is 1.37. The van der Waals surface area contributed by atoms with Crippen molar-refractivity contribution < 1.29 is 0 Å². The van der Waals surface area contributed by atoms with Crippen molar-refractivity contribution >= 4 is 11.8 Å². The molecule has 0 bridgehead atoms. The van der Waals surface area contributed by atoms with Crippen molar-refractivity contribution in [3.05, 3.63) is 0 Å². The van der Waals surface area contributed by atoms with Crippen molar-refractivity contribution in [2.24, 2.45) is 0 Å². The van der Waals surface area contributed by atoms with Crippen LogP contribution in [0.3, 0.4) is 0 Å². The Morgan fingerprint density at radius 3 is 2.93 bits per heavy atom. The third-order valence-electron chi connectivity index (χ3n) is 3.52. The topological polar surface area (TPSA) is 15.3 Å². The summed E-state index contributed by atoms with van der Waals surface area (Å²) in [6, 6.07) is 1.63. The largest absolute Gasteiger partial charge is 0.313 e. The lowest BCUT2D eigenvalue weighted by atomic mass is 10.1. The summed E-state index contributed by atoms with van der Waals surface area (Å²) < 4.78 is 0. The first kappa shape index (κ1) is 10.8. The van der Waals surface area contributed by atoms with Gasteiger partial charge < -0.3 is 5.32 Å². The molecule has 14 heavy (non-hydrogen) atoms. The van der Waals surface area contributed by atoms with Crippen molar-refractivity contribution in [3.8, 4) is 0 Å². The van der Waals surface area contributed by atoms with Gasteiger partial charge in [0.15, 0.2) is 0 Å². The highest BCUT2D eigenvalue weighted by atomic mass is 32.2. The second-order valence-electron chi connectivity index (χ2n) is 4.47. The van der Waals surface area contributed by atoms with Gasteiger partial charge in [-0.05, 0) is 25.1 Å². The monoisotopic (exact) mass is 214 g/mol. The van der Waals surface area contributed by atoms with Crippen LogP contribution in [0.15, 0.2) is 0 Å². The minimum absolute atomic E-state index is 0.762. The quantitative estimate of drug-likeness (QED) is 0.767. The highest BCUT2D eigenvalue weighted by Crippen LogP contribution is 2.31. The zero-order valence-corrected chi connectivity index (χ0v) is 10.1. The number of likely N-dealkylation sites (tertiary alicyclic amines) is 1. The molecule has 0 saturated carbocycles. The van der Waals surface area contributed by atoms with Crippen LogP contribution in [0.5, 0.6) is 0 Å². The van der Waals surface area contributed by atoms with E-state index in [9.17, 15) is 0 Å². The first-order valence-electron chi connectivity index (χ1n) is 5.90. The number of likely N-dealkylation sites (N-methyl/N-ethyl adjacent to an activating group) is 1. The maximum absolute atomic E-state index is 3.56. The van der Waals surface area contributed by atoms with E-state index in [1.165, 1.54) is 31.7 Å². The lowest BCUT2D eigenvalue weighted by molar-refractivity contribution is 0.237. The Morgan fingerprint density at radius 1 is 1.43 bits per heavy atom. The first-order chi connectivity index (χ1) is 6.81. The van der Waals surface area contributed by atoms with Gasteiger partial charge in [-0.1, -0.05) is 13.8 Å². The molecule has 1 N–H and O–H groups in total. The van der Waals surface area contributed by atoms with Crippen LogP contribution in [0.25, 0.3) is 0 Å². The normalized spacial score (nSPS) is 39.4. The molecular formula is C11H22N2S. The van der Waals surface area contributed by atoms with E-state index in [-0.39, 0.29) is 0 Å². The van der Waals surface area contributed by atoms with E-state index in [1.807, 2.05) is 0 Å². The highest BCUT2D eigenvalue weighted by molar-refractivity contribution is 8.00. The number of hydrogen-bond donors (Lipinski definition) is 1. The van der Waals surface area contributed by atoms with Gasteiger partial charge in [-0.25, -0.2) is 0 Å². The van der Waals surface area contributed by atoms with Crippen LogP contribution in [0.1, 0.15) is 26.7 Å². The van der Waals surface area contributed by atoms with Gasteiger partial charge in [0.2, 0.25) is 0 Å². The molecule has 2 fully saturated rings. The van der Waals surface area contributed by atoms with Crippen molar-refractivity contribution in [2.45, 2.75) is 44.0 Å². The standard InChI is InChI=1S/C11H22N2S/c1-3-12-10-4-6-13(8-10)11-5-7-14-9(11)2/h9-12H,3-8H2,1-2H3. The van der Waals surface area contributed by atoms with E-state index in [2.05, 4.69) is 35.8 Å². The van der Waals surface area contributed by atoms with Crippen molar-refractivity contribution in [2.75, 3.05) is 25.4 Å². The number of hydrogen-bond acceptors (Lipinski definition) is 3. The second kappa shape index (κ2) is 4.86. The minimum atomic E-state index is 0.762. The van der Waals surface area contributed by atoms with Crippen molar-refractivity contribution in [1.29, 1.82) is 0 Å². The molecule has 2 aliphatic heterocycles. The van der Waals surface area contributed by atoms with E-state index >= 15 is 0 Å². The van der Waals surface area contributed by atoms with Crippen LogP contribution in [-0.4, -0.2) is 47.6 Å². The number of rotatable bonds is 3. The smallest absolute Gasteiger partial charge is 0.0220 e. The van der Waals surface area contributed by atoms with Gasteiger partial charge in [0, 0.05) is 30.4 Å². The minimum Gasteiger partial charge on any atom is -0.313 e. The van der Waals surface area contributed by atoms with E-state index < -0.39 is 0 Å². The van der Waals surface area contributed by atoms with Gasteiger partial charge in [-0.15, -0.1) is 0 Å². The molecule has 2 nitrogen and oxygen atoms in total. The van der Waals surface area contributed by atoms with Crippen molar-refractivity contribution in [3.63, 3.8) is 0 Å². The molecule has 3 heteroatoms. The Bertz CT molecular complexity index is 186. The van der Waals surface area contributed by atoms with Gasteiger partial charge in [0.1, 0.15) is 0 Å². The summed E-state index contributed by atoms with van der Waals surface area (Å²) in [7, 11) is 0. The third kappa shape index (κ3) is 2.26. The molecule has 3 unspecified atom stereocenters. The molecule has 0 aromatic carbocycles. The van der Waals surface area contributed by atoms with Gasteiger partial charge >= 0.3 is 0 Å². The Balaban J connectivity index is 1.82. The van der Waals surface area contributed by atoms with Crippen molar-refractivity contribution in [1.82, 2.24) is 10.2 Å². The fourth-order valence-electron chi connectivity index (χ4n) is 2.74. The molecular weight excluding hydrogens is 192 g/mol. The summed E-state index contributed by atoms with van der Waals surface area (Å²) in [6.07, 6.45) is 2.76. The van der Waals surface area contributed by atoms with Crippen LogP contribution in [0, 0.1) is 0 Å². The molecule has 2 saturated heterocycles. The van der Waals surface area contributed by atoms with E-state index in [0.29, 0.717) is 0 Å². The second-order valence-corrected chi connectivity index (χ2v) is 5.96. The highest BCUT2D eigenvalue weighted by Gasteiger charge is 2.33. The fraction of sp³-hybridized carbons (Fsp3) is 1.00. The van der Waals surface area contributed by atoms with Gasteiger partial charge in [0.25, 0.3) is 0 Å². The average Bonchev–Trinajstić information content (AvgIpc) is 2.74. The molecule has 0 amide bonds. The first-order valence-corrected chi connectivity index (χ1v) is 6.95. The Morgan fingerprint density at radius 2 is 2.29 bits per heavy atom. The molecule has 2 rings (SSSR count). The summed E-state index contributed by atoms with van der Waals surface area (Å²) in [5, 5.41) is 4.42. The third-order valence-corrected chi connectivity index (χ3v) is 4.83. The summed E-state index contributed by atoms with van der Waals surface area (Å²) in [4.78, 5) is 2.71. The van der Waals surface area contributed by atoms with E-state index in [1.54, 1.807) is 0 Å². The molecule has 0 aromatic rings. The van der Waals surface area contributed by atoms with E-state index in [0.717, 1.165) is 23.9 Å². The molecule has 82 valence electrons. The maximum atomic E-state index is 3.56. The Kier molecular flexibility index (Phi) is 3.74. The molecule has 2 heterocycles. The predicted octanol–water partition coefficient (Wildman–Crippen LogP) is 1.56.